The zero-order chi connectivity index (χ0) is 25.6. The van der Waals surface area contributed by atoms with Crippen LogP contribution in [0.25, 0.3) is 0 Å². The summed E-state index contributed by atoms with van der Waals surface area (Å²) in [5.74, 6) is 0. The van der Waals surface area contributed by atoms with E-state index in [0.717, 1.165) is 52.4 Å². The Kier molecular flexibility index (Phi) is 9.68. The Labute approximate surface area is 196 Å². The lowest BCUT2D eigenvalue weighted by molar-refractivity contribution is 0.0453. The molecule has 2 aromatic rings. The van der Waals surface area contributed by atoms with Crippen LogP contribution < -0.4 is 0 Å². The van der Waals surface area contributed by atoms with Gasteiger partial charge in [-0.3, -0.25) is 9.13 Å². The highest BCUT2D eigenvalue weighted by molar-refractivity contribution is 7.55. The molecule has 0 bridgehead atoms. The number of unbranched alkanes of at least 4 members (excludes halogenated alkanes) is 1. The number of alkyl halides is 4. The number of rotatable bonds is 13. The molecule has 2 aromatic carbocycles. The van der Waals surface area contributed by atoms with Crippen molar-refractivity contribution in [3.63, 3.8) is 0 Å². The van der Waals surface area contributed by atoms with Crippen molar-refractivity contribution < 1.29 is 44.8 Å². The summed E-state index contributed by atoms with van der Waals surface area (Å²) in [6.45, 7) is 0. The summed E-state index contributed by atoms with van der Waals surface area (Å²) in [5.41, 5.74) is -6.86. The van der Waals surface area contributed by atoms with Crippen LogP contribution in [0.3, 0.4) is 0 Å². The van der Waals surface area contributed by atoms with Crippen LogP contribution in [-0.4, -0.2) is 28.4 Å². The molecule has 2 rings (SSSR count). The molecular formula is C22H28F4O6P2. The van der Waals surface area contributed by atoms with Crippen molar-refractivity contribution in [3.8, 4) is 0 Å². The van der Waals surface area contributed by atoms with Crippen molar-refractivity contribution >= 4 is 15.2 Å². The normalized spacial score (nSPS) is 13.3. The van der Waals surface area contributed by atoms with Gasteiger partial charge in [-0.15, -0.1) is 0 Å². The van der Waals surface area contributed by atoms with E-state index in [1.807, 2.05) is 0 Å². The Morgan fingerprint density at radius 2 is 0.853 bits per heavy atom. The standard InChI is InChI=1S/C22H28F4O6P2/c1-29-33(27,30-2)21(23,24)19-13-9-17(10-14-19)7-5-6-8-18-11-15-20(16-12-18)22(25,26)34(28,31-3)32-4/h9-16H,5-8H2,1-4H3. The first-order valence-electron chi connectivity index (χ1n) is 10.3. The van der Waals surface area contributed by atoms with Crippen molar-refractivity contribution in [3.05, 3.63) is 70.8 Å². The minimum absolute atomic E-state index is 0.466. The fourth-order valence-corrected chi connectivity index (χ4v) is 5.47. The quantitative estimate of drug-likeness (QED) is 0.155. The third-order valence-corrected chi connectivity index (χ3v) is 9.25. The molecule has 6 nitrogen and oxygen atoms in total. The molecule has 0 radical (unpaired) electrons. The Bertz CT molecular complexity index is 929. The van der Waals surface area contributed by atoms with E-state index in [4.69, 9.17) is 0 Å². The molecule has 0 aliphatic rings. The maximum absolute atomic E-state index is 14.4. The van der Waals surface area contributed by atoms with Crippen LogP contribution in [-0.2, 0) is 51.4 Å². The van der Waals surface area contributed by atoms with E-state index in [9.17, 15) is 26.7 Å². The maximum atomic E-state index is 14.4. The second-order valence-corrected chi connectivity index (χ2v) is 12.0. The van der Waals surface area contributed by atoms with Crippen molar-refractivity contribution in [1.29, 1.82) is 0 Å². The molecule has 12 heteroatoms. The van der Waals surface area contributed by atoms with Crippen LogP contribution in [0.15, 0.2) is 48.5 Å². The summed E-state index contributed by atoms with van der Waals surface area (Å²) < 4.78 is 99.7. The van der Waals surface area contributed by atoms with Crippen LogP contribution in [0, 0.1) is 0 Å². The molecule has 0 unspecified atom stereocenters. The van der Waals surface area contributed by atoms with Crippen molar-refractivity contribution in [1.82, 2.24) is 0 Å². The van der Waals surface area contributed by atoms with Gasteiger partial charge in [-0.05, 0) is 36.8 Å². The zero-order valence-corrected chi connectivity index (χ0v) is 21.1. The Hall–Kier alpha value is -1.54. The van der Waals surface area contributed by atoms with Crippen LogP contribution in [0.2, 0.25) is 0 Å². The van der Waals surface area contributed by atoms with Gasteiger partial charge in [0.05, 0.1) is 0 Å². The second-order valence-electron chi connectivity index (χ2n) is 7.41. The third-order valence-electron chi connectivity index (χ3n) is 5.43. The predicted molar refractivity (Wildman–Crippen MR) is 121 cm³/mol. The fourth-order valence-electron chi connectivity index (χ4n) is 3.33. The lowest BCUT2D eigenvalue weighted by Gasteiger charge is -2.24. The van der Waals surface area contributed by atoms with E-state index in [2.05, 4.69) is 18.1 Å². The Morgan fingerprint density at radius 1 is 0.588 bits per heavy atom. The average molecular weight is 526 g/mol. The monoisotopic (exact) mass is 526 g/mol. The SMILES string of the molecule is COP(=O)(OC)C(F)(F)c1ccc(CCCCc2ccc(C(F)(F)P(=O)(OC)OC)cc2)cc1. The van der Waals surface area contributed by atoms with E-state index in [-0.39, 0.29) is 0 Å². The van der Waals surface area contributed by atoms with Gasteiger partial charge in [-0.2, -0.15) is 17.6 Å². The highest BCUT2D eigenvalue weighted by atomic mass is 31.2. The van der Waals surface area contributed by atoms with Crippen LogP contribution in [0.1, 0.15) is 35.1 Å². The molecule has 0 amide bonds. The highest BCUT2D eigenvalue weighted by Gasteiger charge is 2.54. The number of halogens is 4. The number of hydrogen-bond donors (Lipinski definition) is 0. The largest absolute Gasteiger partial charge is 0.403 e. The van der Waals surface area contributed by atoms with Crippen molar-refractivity contribution in [2.24, 2.45) is 0 Å². The topological polar surface area (TPSA) is 71.1 Å². The second kappa shape index (κ2) is 11.5. The third kappa shape index (κ3) is 5.81. The van der Waals surface area contributed by atoms with Gasteiger partial charge in [0, 0.05) is 39.6 Å². The van der Waals surface area contributed by atoms with E-state index >= 15 is 0 Å². The minimum Gasteiger partial charge on any atom is -0.308 e. The molecule has 0 fully saturated rings. The van der Waals surface area contributed by atoms with Gasteiger partial charge in [-0.1, -0.05) is 48.5 Å². The first-order valence-corrected chi connectivity index (χ1v) is 13.4. The lowest BCUT2D eigenvalue weighted by Crippen LogP contribution is -2.16. The summed E-state index contributed by atoms with van der Waals surface area (Å²) in [5, 5.41) is 0. The van der Waals surface area contributed by atoms with E-state index in [1.165, 1.54) is 48.5 Å². The van der Waals surface area contributed by atoms with E-state index in [0.29, 0.717) is 12.8 Å². The molecule has 34 heavy (non-hydrogen) atoms. The summed E-state index contributed by atoms with van der Waals surface area (Å²) in [6.07, 6.45) is 2.67. The molecule has 0 aliphatic heterocycles. The zero-order valence-electron chi connectivity index (χ0n) is 19.3. The Morgan fingerprint density at radius 3 is 1.09 bits per heavy atom. The first kappa shape index (κ1) is 28.7. The Balaban J connectivity index is 1.93. The molecule has 0 saturated heterocycles. The predicted octanol–water partition coefficient (Wildman–Crippen LogP) is 7.32. The maximum Gasteiger partial charge on any atom is 0.403 e. The van der Waals surface area contributed by atoms with E-state index < -0.39 is 37.6 Å². The van der Waals surface area contributed by atoms with Crippen molar-refractivity contribution in [2.45, 2.75) is 37.0 Å². The average Bonchev–Trinajstić information content (AvgIpc) is 2.85. The van der Waals surface area contributed by atoms with Crippen LogP contribution in [0.4, 0.5) is 17.6 Å². The highest BCUT2D eigenvalue weighted by Crippen LogP contribution is 2.66. The van der Waals surface area contributed by atoms with Gasteiger partial charge >= 0.3 is 26.5 Å². The van der Waals surface area contributed by atoms with Gasteiger partial charge in [0.25, 0.3) is 0 Å². The summed E-state index contributed by atoms with van der Waals surface area (Å²) in [6, 6.07) is 10.9. The van der Waals surface area contributed by atoms with E-state index in [1.54, 1.807) is 0 Å². The molecule has 0 heterocycles. The molecular weight excluding hydrogens is 498 g/mol. The summed E-state index contributed by atoms with van der Waals surface area (Å²) in [7, 11) is -5.61. The van der Waals surface area contributed by atoms with Gasteiger partial charge in [0.1, 0.15) is 0 Å². The molecule has 0 aliphatic carbocycles. The van der Waals surface area contributed by atoms with Gasteiger partial charge < -0.3 is 18.1 Å². The fraction of sp³-hybridized carbons (Fsp3) is 0.455. The van der Waals surface area contributed by atoms with Crippen LogP contribution in [0.5, 0.6) is 0 Å². The number of aryl methyl sites for hydroxylation is 2. The van der Waals surface area contributed by atoms with Gasteiger partial charge in [0.15, 0.2) is 0 Å². The van der Waals surface area contributed by atoms with Gasteiger partial charge in [0.2, 0.25) is 0 Å². The smallest absolute Gasteiger partial charge is 0.308 e. The van der Waals surface area contributed by atoms with Crippen molar-refractivity contribution in [2.75, 3.05) is 28.4 Å². The van der Waals surface area contributed by atoms with Crippen LogP contribution >= 0.6 is 15.2 Å². The number of benzene rings is 2. The van der Waals surface area contributed by atoms with Gasteiger partial charge in [-0.25, -0.2) is 0 Å². The summed E-state index contributed by atoms with van der Waals surface area (Å²) >= 11 is 0. The molecule has 0 N–H and O–H groups in total. The first-order chi connectivity index (χ1) is 15.9. The lowest BCUT2D eigenvalue weighted by atomic mass is 10.0. The molecule has 0 atom stereocenters. The number of hydrogen-bond acceptors (Lipinski definition) is 6. The molecule has 0 saturated carbocycles. The molecule has 0 spiro atoms. The molecule has 190 valence electrons. The minimum atomic E-state index is -4.62. The molecule has 0 aromatic heterocycles. The summed E-state index contributed by atoms with van der Waals surface area (Å²) in [4.78, 5) is 0.